The topological polar surface area (TPSA) is 101 Å². The predicted octanol–water partition coefficient (Wildman–Crippen LogP) is 3.32. The smallest absolute Gasteiger partial charge is 0.348 e. The molecule has 3 rings (SSSR count). The average molecular weight is 424 g/mol. The molecule has 0 spiro atoms. The van der Waals surface area contributed by atoms with Gasteiger partial charge >= 0.3 is 5.97 Å². The van der Waals surface area contributed by atoms with Crippen LogP contribution in [0.4, 0.5) is 0 Å². The van der Waals surface area contributed by atoms with E-state index in [1.54, 1.807) is 13.8 Å². The summed E-state index contributed by atoms with van der Waals surface area (Å²) in [5, 5.41) is 3.33. The summed E-state index contributed by atoms with van der Waals surface area (Å²) in [5.74, 6) is 0.406. The maximum Gasteiger partial charge on any atom is 0.348 e. The quantitative estimate of drug-likeness (QED) is 0.663. The molecule has 9 heteroatoms. The van der Waals surface area contributed by atoms with Gasteiger partial charge in [-0.1, -0.05) is 12.8 Å². The van der Waals surface area contributed by atoms with Crippen molar-refractivity contribution in [1.29, 1.82) is 0 Å². The summed E-state index contributed by atoms with van der Waals surface area (Å²) in [6, 6.07) is 0.299. The standard InChI is InChI=1S/C19H25N3O4S2/c1-4-26-19(25)15-10(2)14-17(24)21-16(22-18(14)28-15)11(3)27-9-13(23)20-12-7-5-6-8-12/h11-12H,4-9H2,1-3H3,(H,20,23)(H,21,22,24)/t11-/m0/s1. The molecule has 1 amide bonds. The fourth-order valence-corrected chi connectivity index (χ4v) is 5.20. The molecule has 0 aromatic carbocycles. The number of fused-ring (bicyclic) bond motifs is 1. The van der Waals surface area contributed by atoms with Crippen molar-refractivity contribution < 1.29 is 14.3 Å². The highest BCUT2D eigenvalue weighted by Crippen LogP contribution is 2.31. The number of esters is 1. The van der Waals surface area contributed by atoms with Gasteiger partial charge in [0, 0.05) is 6.04 Å². The van der Waals surface area contributed by atoms with Gasteiger partial charge in [-0.25, -0.2) is 9.78 Å². The molecule has 1 saturated carbocycles. The fraction of sp³-hybridized carbons (Fsp3) is 0.579. The lowest BCUT2D eigenvalue weighted by Gasteiger charge is -2.14. The van der Waals surface area contributed by atoms with Crippen LogP contribution >= 0.6 is 23.1 Å². The van der Waals surface area contributed by atoms with Gasteiger partial charge in [0.2, 0.25) is 5.91 Å². The lowest BCUT2D eigenvalue weighted by Crippen LogP contribution is -2.34. The Hall–Kier alpha value is -1.87. The highest BCUT2D eigenvalue weighted by atomic mass is 32.2. The van der Waals surface area contributed by atoms with Crippen molar-refractivity contribution in [2.24, 2.45) is 0 Å². The molecule has 1 fully saturated rings. The Balaban J connectivity index is 1.72. The van der Waals surface area contributed by atoms with Gasteiger partial charge in [-0.2, -0.15) is 0 Å². The first kappa shape index (κ1) is 20.9. The molecular formula is C19H25N3O4S2. The zero-order valence-corrected chi connectivity index (χ0v) is 17.9. The molecule has 1 atom stereocenters. The summed E-state index contributed by atoms with van der Waals surface area (Å²) < 4.78 is 5.06. The Labute approximate surface area is 171 Å². The first-order valence-electron chi connectivity index (χ1n) is 9.52. The van der Waals surface area contributed by atoms with Crippen LogP contribution in [0.3, 0.4) is 0 Å². The van der Waals surface area contributed by atoms with Gasteiger partial charge in [0.25, 0.3) is 5.56 Å². The Morgan fingerprint density at radius 3 is 2.79 bits per heavy atom. The average Bonchev–Trinajstić information content (AvgIpc) is 3.27. The van der Waals surface area contributed by atoms with E-state index >= 15 is 0 Å². The third-order valence-electron chi connectivity index (χ3n) is 4.85. The maximum absolute atomic E-state index is 12.6. The SMILES string of the molecule is CCOC(=O)c1sc2nc([C@H](C)SCC(=O)NC3CCCC3)[nH]c(=O)c2c1C. The van der Waals surface area contributed by atoms with E-state index in [4.69, 9.17) is 4.74 Å². The minimum absolute atomic E-state index is 0.0174. The number of hydrogen-bond donors (Lipinski definition) is 2. The van der Waals surface area contributed by atoms with Crippen LogP contribution in [0, 0.1) is 6.92 Å². The van der Waals surface area contributed by atoms with Crippen molar-refractivity contribution in [3.8, 4) is 0 Å². The number of rotatable bonds is 7. The summed E-state index contributed by atoms with van der Waals surface area (Å²) in [6.07, 6.45) is 4.46. The van der Waals surface area contributed by atoms with Crippen molar-refractivity contribution in [1.82, 2.24) is 15.3 Å². The highest BCUT2D eigenvalue weighted by molar-refractivity contribution is 8.00. The van der Waals surface area contributed by atoms with Crippen LogP contribution in [-0.4, -0.2) is 40.2 Å². The molecule has 0 unspecified atom stereocenters. The number of carbonyl (C=O) groups excluding carboxylic acids is 2. The number of thioether (sulfide) groups is 1. The number of amides is 1. The number of ether oxygens (including phenoxy) is 1. The summed E-state index contributed by atoms with van der Waals surface area (Å²) in [4.78, 5) is 45.0. The largest absolute Gasteiger partial charge is 0.462 e. The lowest BCUT2D eigenvalue weighted by atomic mass is 10.2. The first-order chi connectivity index (χ1) is 13.4. The second-order valence-corrected chi connectivity index (χ2v) is 9.24. The number of aromatic amines is 1. The third kappa shape index (κ3) is 4.57. The zero-order chi connectivity index (χ0) is 20.3. The van der Waals surface area contributed by atoms with Gasteiger partial charge in [-0.15, -0.1) is 23.1 Å². The molecule has 28 heavy (non-hydrogen) atoms. The number of H-pyrrole nitrogens is 1. The molecule has 0 radical (unpaired) electrons. The van der Waals surface area contributed by atoms with E-state index in [0.717, 1.165) is 12.8 Å². The van der Waals surface area contributed by atoms with E-state index in [0.29, 0.717) is 38.3 Å². The van der Waals surface area contributed by atoms with E-state index in [1.807, 2.05) is 6.92 Å². The second-order valence-electron chi connectivity index (χ2n) is 6.91. The molecular weight excluding hydrogens is 398 g/mol. The van der Waals surface area contributed by atoms with Crippen molar-refractivity contribution in [2.75, 3.05) is 12.4 Å². The summed E-state index contributed by atoms with van der Waals surface area (Å²) in [7, 11) is 0. The zero-order valence-electron chi connectivity index (χ0n) is 16.3. The first-order valence-corrected chi connectivity index (χ1v) is 11.4. The molecule has 0 aliphatic heterocycles. The number of aromatic nitrogens is 2. The molecule has 0 saturated heterocycles. The number of nitrogens with one attached hydrogen (secondary N) is 2. The molecule has 7 nitrogen and oxygen atoms in total. The van der Waals surface area contributed by atoms with Gasteiger partial charge < -0.3 is 15.0 Å². The summed E-state index contributed by atoms with van der Waals surface area (Å²) in [6.45, 7) is 5.65. The van der Waals surface area contributed by atoms with Crippen LogP contribution in [0.25, 0.3) is 10.2 Å². The van der Waals surface area contributed by atoms with Crippen LogP contribution < -0.4 is 10.9 Å². The normalized spacial score (nSPS) is 15.7. The minimum atomic E-state index is -0.435. The molecule has 0 bridgehead atoms. The van der Waals surface area contributed by atoms with Crippen molar-refractivity contribution in [3.63, 3.8) is 0 Å². The van der Waals surface area contributed by atoms with E-state index in [9.17, 15) is 14.4 Å². The fourth-order valence-electron chi connectivity index (χ4n) is 3.36. The summed E-state index contributed by atoms with van der Waals surface area (Å²) >= 11 is 2.60. The van der Waals surface area contributed by atoms with E-state index in [-0.39, 0.29) is 23.3 Å². The van der Waals surface area contributed by atoms with Crippen LogP contribution in [0.1, 0.15) is 65.8 Å². The highest BCUT2D eigenvalue weighted by Gasteiger charge is 2.22. The van der Waals surface area contributed by atoms with E-state index < -0.39 is 5.97 Å². The third-order valence-corrected chi connectivity index (χ3v) is 7.17. The van der Waals surface area contributed by atoms with Crippen LogP contribution in [0.2, 0.25) is 0 Å². The van der Waals surface area contributed by atoms with Gasteiger partial charge in [0.15, 0.2) is 0 Å². The molecule has 2 heterocycles. The number of carbonyl (C=O) groups is 2. The van der Waals surface area contributed by atoms with Crippen LogP contribution in [0.5, 0.6) is 0 Å². The molecule has 152 valence electrons. The van der Waals surface area contributed by atoms with Crippen molar-refractivity contribution in [3.05, 3.63) is 26.6 Å². The number of hydrogen-bond acceptors (Lipinski definition) is 7. The van der Waals surface area contributed by atoms with E-state index in [2.05, 4.69) is 15.3 Å². The van der Waals surface area contributed by atoms with Gasteiger partial charge in [0.1, 0.15) is 15.5 Å². The van der Waals surface area contributed by atoms with Gasteiger partial charge in [0.05, 0.1) is 23.0 Å². The number of aryl methyl sites for hydroxylation is 1. The molecule has 2 N–H and O–H groups in total. The lowest BCUT2D eigenvalue weighted by molar-refractivity contribution is -0.119. The monoisotopic (exact) mass is 423 g/mol. The number of thiophene rings is 1. The Morgan fingerprint density at radius 2 is 2.11 bits per heavy atom. The van der Waals surface area contributed by atoms with Gasteiger partial charge in [-0.3, -0.25) is 9.59 Å². The minimum Gasteiger partial charge on any atom is -0.462 e. The number of nitrogens with zero attached hydrogens (tertiary/aromatic N) is 1. The predicted molar refractivity (Wildman–Crippen MR) is 112 cm³/mol. The van der Waals surface area contributed by atoms with Gasteiger partial charge in [-0.05, 0) is 39.2 Å². The van der Waals surface area contributed by atoms with Crippen molar-refractivity contribution in [2.45, 2.75) is 57.7 Å². The van der Waals surface area contributed by atoms with Crippen LogP contribution in [0.15, 0.2) is 4.79 Å². The molecule has 1 aliphatic carbocycles. The Morgan fingerprint density at radius 1 is 1.39 bits per heavy atom. The molecule has 1 aliphatic rings. The second kappa shape index (κ2) is 9.09. The van der Waals surface area contributed by atoms with E-state index in [1.165, 1.54) is 35.9 Å². The molecule has 2 aromatic heterocycles. The Bertz CT molecular complexity index is 931. The summed E-state index contributed by atoms with van der Waals surface area (Å²) in [5.41, 5.74) is 0.321. The van der Waals surface area contributed by atoms with Crippen LogP contribution in [-0.2, 0) is 9.53 Å². The molecule has 2 aromatic rings. The Kier molecular flexibility index (Phi) is 6.77. The maximum atomic E-state index is 12.6. The van der Waals surface area contributed by atoms with Crippen molar-refractivity contribution >= 4 is 45.2 Å².